The molecule has 0 saturated heterocycles. The van der Waals surface area contributed by atoms with E-state index in [-0.39, 0.29) is 0 Å². The lowest BCUT2D eigenvalue weighted by atomic mass is 10.1. The van der Waals surface area contributed by atoms with Gasteiger partial charge in [0.15, 0.2) is 0 Å². The highest BCUT2D eigenvalue weighted by atomic mass is 32.1. The van der Waals surface area contributed by atoms with E-state index in [1.165, 1.54) is 11.3 Å². The number of fused-ring (bicyclic) bond motifs is 1. The summed E-state index contributed by atoms with van der Waals surface area (Å²) in [6.07, 6.45) is 2.61. The molecule has 0 radical (unpaired) electrons. The van der Waals surface area contributed by atoms with Crippen molar-refractivity contribution in [2.24, 2.45) is 0 Å². The van der Waals surface area contributed by atoms with Crippen LogP contribution in [0.15, 0.2) is 30.5 Å². The Kier molecular flexibility index (Phi) is 3.73. The highest BCUT2D eigenvalue weighted by Gasteiger charge is 2.24. The van der Waals surface area contributed by atoms with Gasteiger partial charge in [0.05, 0.1) is 19.3 Å². The van der Waals surface area contributed by atoms with E-state index in [1.54, 1.807) is 7.11 Å². The third-order valence-electron chi connectivity index (χ3n) is 3.93. The lowest BCUT2D eigenvalue weighted by Crippen LogP contribution is -2.14. The van der Waals surface area contributed by atoms with Crippen molar-refractivity contribution >= 4 is 21.6 Å². The molecule has 0 fully saturated rings. The third-order valence-corrected chi connectivity index (χ3v) is 4.74. The number of ether oxygens (including phenoxy) is 1. The number of aromatic nitrogens is 4. The largest absolute Gasteiger partial charge is 0.497 e. The number of nitrogens with zero attached hydrogens (tertiary/aromatic N) is 5. The first-order chi connectivity index (χ1) is 11.7. The fraction of sp³-hybridized carbons (Fsp3) is 0.250. The van der Waals surface area contributed by atoms with Gasteiger partial charge in [0.25, 0.3) is 0 Å². The Hall–Kier alpha value is -2.74. The molecule has 2 N–H and O–H groups in total. The summed E-state index contributed by atoms with van der Waals surface area (Å²) >= 11 is 1.39. The molecular formula is C16H16N6OS. The number of hydrogen-bond acceptors (Lipinski definition) is 8. The van der Waals surface area contributed by atoms with Crippen LogP contribution in [0.2, 0.25) is 0 Å². The number of anilines is 2. The molecule has 0 aliphatic carbocycles. The standard InChI is InChI=1S/C16H16N6OS/c1-23-12-4-2-10(3-5-12)6-14-18-7-11-8-22(9-13(11)19-14)16-21-20-15(17)24-16/h2-5,7H,6,8-9H2,1H3,(H2,17,20). The average Bonchev–Trinajstić information content (AvgIpc) is 3.21. The van der Waals surface area contributed by atoms with Gasteiger partial charge in [-0.3, -0.25) is 0 Å². The summed E-state index contributed by atoms with van der Waals surface area (Å²) in [4.78, 5) is 11.3. The van der Waals surface area contributed by atoms with Crippen molar-refractivity contribution < 1.29 is 4.74 Å². The first-order valence-electron chi connectivity index (χ1n) is 7.52. The molecule has 4 rings (SSSR count). The maximum atomic E-state index is 5.66. The van der Waals surface area contributed by atoms with Gasteiger partial charge in [-0.25, -0.2) is 9.97 Å². The van der Waals surface area contributed by atoms with E-state index in [0.29, 0.717) is 18.1 Å². The highest BCUT2D eigenvalue weighted by molar-refractivity contribution is 7.18. The van der Waals surface area contributed by atoms with Crippen molar-refractivity contribution in [2.45, 2.75) is 19.5 Å². The SMILES string of the molecule is COc1ccc(Cc2ncc3c(n2)CN(c2nnc(N)s2)C3)cc1. The van der Waals surface area contributed by atoms with Gasteiger partial charge in [-0.15, -0.1) is 10.2 Å². The molecule has 0 atom stereocenters. The molecule has 24 heavy (non-hydrogen) atoms. The molecule has 8 heteroatoms. The number of nitrogen functional groups attached to an aromatic ring is 1. The Morgan fingerprint density at radius 3 is 2.75 bits per heavy atom. The normalized spacial score (nSPS) is 13.1. The van der Waals surface area contributed by atoms with E-state index in [2.05, 4.69) is 20.1 Å². The topological polar surface area (TPSA) is 90.0 Å². The summed E-state index contributed by atoms with van der Waals surface area (Å²) in [5, 5.41) is 9.27. The summed E-state index contributed by atoms with van der Waals surface area (Å²) in [6.45, 7) is 1.45. The minimum atomic E-state index is 0.479. The van der Waals surface area contributed by atoms with Gasteiger partial charge in [-0.2, -0.15) is 0 Å². The third kappa shape index (κ3) is 2.88. The maximum Gasteiger partial charge on any atom is 0.210 e. The molecule has 122 valence electrons. The summed E-state index contributed by atoms with van der Waals surface area (Å²) in [6, 6.07) is 7.96. The van der Waals surface area contributed by atoms with E-state index >= 15 is 0 Å². The minimum Gasteiger partial charge on any atom is -0.497 e. The number of methoxy groups -OCH3 is 1. The Morgan fingerprint density at radius 1 is 1.21 bits per heavy atom. The molecule has 0 amide bonds. The average molecular weight is 340 g/mol. The molecule has 1 aliphatic rings. The second kappa shape index (κ2) is 6.04. The van der Waals surface area contributed by atoms with Crippen molar-refractivity contribution in [1.29, 1.82) is 0 Å². The van der Waals surface area contributed by atoms with Crippen LogP contribution < -0.4 is 15.4 Å². The molecule has 3 aromatic rings. The monoisotopic (exact) mass is 340 g/mol. The fourth-order valence-corrected chi connectivity index (χ4v) is 3.30. The van der Waals surface area contributed by atoms with Gasteiger partial charge in [0, 0.05) is 24.7 Å². The number of hydrogen-bond donors (Lipinski definition) is 1. The minimum absolute atomic E-state index is 0.479. The van der Waals surface area contributed by atoms with Crippen molar-refractivity contribution in [1.82, 2.24) is 20.2 Å². The molecule has 3 heterocycles. The van der Waals surface area contributed by atoms with E-state index in [1.807, 2.05) is 30.5 Å². The molecule has 0 saturated carbocycles. The summed E-state index contributed by atoms with van der Waals surface area (Å²) < 4.78 is 5.18. The van der Waals surface area contributed by atoms with E-state index in [4.69, 9.17) is 15.5 Å². The zero-order chi connectivity index (χ0) is 16.5. The first kappa shape index (κ1) is 14.8. The number of rotatable bonds is 4. The van der Waals surface area contributed by atoms with Gasteiger partial charge in [0.1, 0.15) is 11.6 Å². The molecule has 0 spiro atoms. The zero-order valence-corrected chi connectivity index (χ0v) is 14.0. The summed E-state index contributed by atoms with van der Waals surface area (Å²) in [7, 11) is 1.66. The van der Waals surface area contributed by atoms with Gasteiger partial charge in [-0.05, 0) is 17.7 Å². The highest BCUT2D eigenvalue weighted by Crippen LogP contribution is 2.30. The smallest absolute Gasteiger partial charge is 0.210 e. The Morgan fingerprint density at radius 2 is 2.04 bits per heavy atom. The first-order valence-corrected chi connectivity index (χ1v) is 8.33. The summed E-state index contributed by atoms with van der Waals surface area (Å²) in [5.74, 6) is 1.66. The molecule has 7 nitrogen and oxygen atoms in total. The Labute approximate surface area is 143 Å². The summed E-state index contributed by atoms with van der Waals surface area (Å²) in [5.41, 5.74) is 8.99. The van der Waals surface area contributed by atoms with Crippen molar-refractivity contribution in [3.8, 4) is 5.75 Å². The van der Waals surface area contributed by atoms with Crippen molar-refractivity contribution in [3.63, 3.8) is 0 Å². The molecule has 1 aliphatic heterocycles. The van der Waals surface area contributed by atoms with Crippen molar-refractivity contribution in [2.75, 3.05) is 17.7 Å². The van der Waals surface area contributed by atoms with Crippen LogP contribution in [0, 0.1) is 0 Å². The van der Waals surface area contributed by atoms with Gasteiger partial charge in [0.2, 0.25) is 10.3 Å². The predicted molar refractivity (Wildman–Crippen MR) is 92.0 cm³/mol. The van der Waals surface area contributed by atoms with Crippen LogP contribution in [0.5, 0.6) is 5.75 Å². The molecular weight excluding hydrogens is 324 g/mol. The quantitative estimate of drug-likeness (QED) is 0.777. The van der Waals surface area contributed by atoms with Gasteiger partial charge >= 0.3 is 0 Å². The second-order valence-electron chi connectivity index (χ2n) is 5.56. The van der Waals surface area contributed by atoms with Crippen LogP contribution in [-0.2, 0) is 19.5 Å². The van der Waals surface area contributed by atoms with Gasteiger partial charge in [-0.1, -0.05) is 23.5 Å². The molecule has 1 aromatic carbocycles. The van der Waals surface area contributed by atoms with Crippen molar-refractivity contribution in [3.05, 3.63) is 53.1 Å². The van der Waals surface area contributed by atoms with Gasteiger partial charge < -0.3 is 15.4 Å². The molecule has 2 aromatic heterocycles. The lowest BCUT2D eigenvalue weighted by molar-refractivity contribution is 0.414. The van der Waals surface area contributed by atoms with E-state index in [9.17, 15) is 0 Å². The molecule has 0 bridgehead atoms. The van der Waals surface area contributed by atoms with Crippen LogP contribution in [0.4, 0.5) is 10.3 Å². The van der Waals surface area contributed by atoms with Crippen LogP contribution in [-0.4, -0.2) is 27.3 Å². The molecule has 0 unspecified atom stereocenters. The number of benzene rings is 1. The second-order valence-corrected chi connectivity index (χ2v) is 6.55. The predicted octanol–water partition coefficient (Wildman–Crippen LogP) is 2.03. The van der Waals surface area contributed by atoms with Crippen LogP contribution in [0.1, 0.15) is 22.6 Å². The van der Waals surface area contributed by atoms with E-state index in [0.717, 1.165) is 40.1 Å². The van der Waals surface area contributed by atoms with Crippen LogP contribution in [0.25, 0.3) is 0 Å². The van der Waals surface area contributed by atoms with Crippen LogP contribution >= 0.6 is 11.3 Å². The van der Waals surface area contributed by atoms with Crippen LogP contribution in [0.3, 0.4) is 0 Å². The fourth-order valence-electron chi connectivity index (χ4n) is 2.70. The lowest BCUT2D eigenvalue weighted by Gasteiger charge is -2.10. The zero-order valence-electron chi connectivity index (χ0n) is 13.1. The Balaban J connectivity index is 1.50. The number of nitrogens with two attached hydrogens (primary N) is 1. The Bertz CT molecular complexity index is 863. The van der Waals surface area contributed by atoms with E-state index < -0.39 is 0 Å². The maximum absolute atomic E-state index is 5.66.